The summed E-state index contributed by atoms with van der Waals surface area (Å²) in [4.78, 5) is 30.8. The zero-order valence-corrected chi connectivity index (χ0v) is 23.0. The average molecular weight is 521 g/mol. The van der Waals surface area contributed by atoms with Crippen LogP contribution >= 0.6 is 0 Å². The summed E-state index contributed by atoms with van der Waals surface area (Å²) in [5.41, 5.74) is 9.89. The summed E-state index contributed by atoms with van der Waals surface area (Å²) in [6.45, 7) is 4.36. The van der Waals surface area contributed by atoms with E-state index in [1.165, 1.54) is 23.8 Å². The third-order valence-corrected chi connectivity index (χ3v) is 8.14. The van der Waals surface area contributed by atoms with Gasteiger partial charge in [-0.05, 0) is 63.0 Å². The molecule has 1 aliphatic carbocycles. The molecule has 2 fully saturated rings. The summed E-state index contributed by atoms with van der Waals surface area (Å²) < 4.78 is 5.15. The van der Waals surface area contributed by atoms with Gasteiger partial charge in [0.1, 0.15) is 12.6 Å². The van der Waals surface area contributed by atoms with E-state index < -0.39 is 6.04 Å². The molecule has 0 aromatic heterocycles. The fraction of sp³-hybridized carbons (Fsp3) is 0.548. The van der Waals surface area contributed by atoms with Gasteiger partial charge in [0.2, 0.25) is 11.8 Å². The van der Waals surface area contributed by atoms with E-state index in [0.717, 1.165) is 51.6 Å². The number of aryl methyl sites for hydroxylation is 1. The maximum absolute atomic E-state index is 13.6. The Morgan fingerprint density at radius 2 is 1.71 bits per heavy atom. The van der Waals surface area contributed by atoms with Crippen molar-refractivity contribution in [2.24, 2.45) is 5.73 Å². The molecule has 1 aliphatic heterocycles. The third-order valence-electron chi connectivity index (χ3n) is 8.14. The lowest BCUT2D eigenvalue weighted by Gasteiger charge is -2.43. The van der Waals surface area contributed by atoms with Gasteiger partial charge in [0, 0.05) is 44.9 Å². The van der Waals surface area contributed by atoms with E-state index in [0.29, 0.717) is 13.0 Å². The van der Waals surface area contributed by atoms with Crippen LogP contribution in [0.3, 0.4) is 0 Å². The molecule has 1 heterocycles. The van der Waals surface area contributed by atoms with Crippen molar-refractivity contribution in [1.29, 1.82) is 0 Å². The van der Waals surface area contributed by atoms with Crippen molar-refractivity contribution < 1.29 is 14.3 Å². The molecule has 1 saturated carbocycles. The second-order valence-electron chi connectivity index (χ2n) is 11.0. The lowest BCUT2D eigenvalue weighted by molar-refractivity contribution is -0.147. The normalized spacial score (nSPS) is 23.8. The highest BCUT2D eigenvalue weighted by molar-refractivity contribution is 5.88. The molecule has 0 bridgehead atoms. The molecule has 1 unspecified atom stereocenters. The Kier molecular flexibility index (Phi) is 10.3. The molecular weight excluding hydrogens is 476 g/mol. The first-order valence-corrected chi connectivity index (χ1v) is 14.1. The first-order chi connectivity index (χ1) is 18.4. The number of hydrogen-bond acceptors (Lipinski definition) is 5. The number of hydrogen-bond donors (Lipinski definition) is 2. The van der Waals surface area contributed by atoms with Crippen LogP contribution in [-0.2, 0) is 27.3 Å². The predicted octanol–water partition coefficient (Wildman–Crippen LogP) is 3.43. The number of piperidine rings is 1. The minimum atomic E-state index is -0.496. The number of ether oxygens (including phenoxy) is 1. The summed E-state index contributed by atoms with van der Waals surface area (Å²) >= 11 is 0. The fourth-order valence-electron chi connectivity index (χ4n) is 5.83. The van der Waals surface area contributed by atoms with Crippen LogP contribution in [0.2, 0.25) is 0 Å². The number of carbonyl (C=O) groups is 2. The molecule has 7 heteroatoms. The van der Waals surface area contributed by atoms with Crippen LogP contribution in [0.25, 0.3) is 0 Å². The summed E-state index contributed by atoms with van der Waals surface area (Å²) in [6, 6.07) is 19.3. The van der Waals surface area contributed by atoms with Crippen LogP contribution in [0.4, 0.5) is 0 Å². The van der Waals surface area contributed by atoms with Gasteiger partial charge in [-0.25, -0.2) is 0 Å². The van der Waals surface area contributed by atoms with Gasteiger partial charge in [0.05, 0.1) is 0 Å². The van der Waals surface area contributed by atoms with E-state index in [1.807, 2.05) is 6.07 Å². The largest absolute Gasteiger partial charge is 0.375 e. The first-order valence-electron chi connectivity index (χ1n) is 14.1. The minimum absolute atomic E-state index is 0.00613. The molecule has 3 N–H and O–H groups in total. The molecule has 38 heavy (non-hydrogen) atoms. The number of nitrogens with zero attached hydrogens (tertiary/aromatic N) is 2. The second-order valence-corrected chi connectivity index (χ2v) is 11.0. The van der Waals surface area contributed by atoms with Gasteiger partial charge < -0.3 is 20.7 Å². The smallest absolute Gasteiger partial charge is 0.249 e. The molecule has 0 radical (unpaired) electrons. The van der Waals surface area contributed by atoms with Crippen LogP contribution < -0.4 is 11.1 Å². The Morgan fingerprint density at radius 3 is 2.39 bits per heavy atom. The van der Waals surface area contributed by atoms with Gasteiger partial charge >= 0.3 is 0 Å². The number of likely N-dealkylation sites (tertiary alicyclic amines) is 1. The number of rotatable bonds is 10. The zero-order chi connectivity index (χ0) is 26.9. The molecule has 0 spiro atoms. The topological polar surface area (TPSA) is 87.9 Å². The maximum Gasteiger partial charge on any atom is 0.249 e. The van der Waals surface area contributed by atoms with Crippen LogP contribution in [0.1, 0.15) is 55.2 Å². The molecule has 1 saturated heterocycles. The van der Waals surface area contributed by atoms with Crippen molar-refractivity contribution in [3.05, 3.63) is 71.3 Å². The van der Waals surface area contributed by atoms with E-state index in [9.17, 15) is 9.59 Å². The molecule has 206 valence electrons. The van der Waals surface area contributed by atoms with E-state index in [-0.39, 0.29) is 36.5 Å². The van der Waals surface area contributed by atoms with Gasteiger partial charge in [-0.2, -0.15) is 0 Å². The van der Waals surface area contributed by atoms with Crippen molar-refractivity contribution in [3.63, 3.8) is 0 Å². The Balaban J connectivity index is 1.50. The quantitative estimate of drug-likeness (QED) is 0.501. The molecule has 2 amide bonds. The third kappa shape index (κ3) is 7.88. The van der Waals surface area contributed by atoms with Crippen LogP contribution in [0, 0.1) is 6.92 Å². The van der Waals surface area contributed by atoms with Crippen molar-refractivity contribution in [3.8, 4) is 0 Å². The van der Waals surface area contributed by atoms with Gasteiger partial charge in [-0.15, -0.1) is 0 Å². The summed E-state index contributed by atoms with van der Waals surface area (Å²) in [7, 11) is 1.53. The molecule has 2 aromatic rings. The Morgan fingerprint density at radius 1 is 1.00 bits per heavy atom. The highest BCUT2D eigenvalue weighted by Crippen LogP contribution is 2.26. The highest BCUT2D eigenvalue weighted by Gasteiger charge is 2.39. The summed E-state index contributed by atoms with van der Waals surface area (Å²) in [5, 5.41) is 3.26. The van der Waals surface area contributed by atoms with Crippen molar-refractivity contribution in [1.82, 2.24) is 15.1 Å². The standard InChI is InChI=1S/C31H44N4O3/c1-23-8-10-25(11-9-23)21-34(18-16-24-6-4-3-5-7-24)28-17-19-35(30(36)22-38-2)29(20-28)31(37)33-27-14-12-26(32)13-15-27/h3-11,26-29H,12-22,32H2,1-2H3,(H,33,37)/t26?,27?,28?,29-/m1/s1. The SMILES string of the molecule is COCC(=O)N1CCC(N(CCc2ccccc2)Cc2ccc(C)cc2)C[C@@H]1C(=O)NC1CCC(N)CC1. The zero-order valence-electron chi connectivity index (χ0n) is 23.0. The van der Waals surface area contributed by atoms with E-state index >= 15 is 0 Å². The first kappa shape index (κ1) is 28.3. The monoisotopic (exact) mass is 520 g/mol. The highest BCUT2D eigenvalue weighted by atomic mass is 16.5. The fourth-order valence-corrected chi connectivity index (χ4v) is 5.83. The summed E-state index contributed by atoms with van der Waals surface area (Å²) in [6.07, 6.45) is 6.03. The van der Waals surface area contributed by atoms with Crippen molar-refractivity contribution >= 4 is 11.8 Å². The van der Waals surface area contributed by atoms with Gasteiger partial charge in [0.25, 0.3) is 0 Å². The van der Waals surface area contributed by atoms with Gasteiger partial charge in [-0.1, -0.05) is 60.2 Å². The number of amides is 2. The van der Waals surface area contributed by atoms with Gasteiger partial charge in [0.15, 0.2) is 0 Å². The molecule has 2 aromatic carbocycles. The van der Waals surface area contributed by atoms with Crippen molar-refractivity contribution in [2.75, 3.05) is 26.8 Å². The molecule has 7 nitrogen and oxygen atoms in total. The molecule has 4 rings (SSSR count). The molecule has 2 atom stereocenters. The number of benzene rings is 2. The summed E-state index contributed by atoms with van der Waals surface area (Å²) in [5.74, 6) is -0.163. The molecule has 2 aliphatic rings. The lowest BCUT2D eigenvalue weighted by Crippen LogP contribution is -2.59. The second kappa shape index (κ2) is 13.9. The number of carbonyl (C=O) groups excluding carboxylic acids is 2. The van der Waals surface area contributed by atoms with Crippen LogP contribution in [0.5, 0.6) is 0 Å². The van der Waals surface area contributed by atoms with E-state index in [4.69, 9.17) is 10.5 Å². The maximum atomic E-state index is 13.6. The van der Waals surface area contributed by atoms with E-state index in [2.05, 4.69) is 65.7 Å². The van der Waals surface area contributed by atoms with Crippen LogP contribution in [0.15, 0.2) is 54.6 Å². The Bertz CT molecular complexity index is 1020. The lowest BCUT2D eigenvalue weighted by atomic mass is 9.90. The number of nitrogens with two attached hydrogens (primary N) is 1. The number of nitrogens with one attached hydrogen (secondary N) is 1. The van der Waals surface area contributed by atoms with E-state index in [1.54, 1.807) is 4.90 Å². The number of methoxy groups -OCH3 is 1. The average Bonchev–Trinajstić information content (AvgIpc) is 2.93. The minimum Gasteiger partial charge on any atom is -0.375 e. The molecular formula is C31H44N4O3. The predicted molar refractivity (Wildman–Crippen MR) is 151 cm³/mol. The van der Waals surface area contributed by atoms with Crippen LogP contribution in [-0.4, -0.2) is 72.6 Å². The van der Waals surface area contributed by atoms with Crippen molar-refractivity contribution in [2.45, 2.75) is 82.6 Å². The van der Waals surface area contributed by atoms with Gasteiger partial charge in [-0.3, -0.25) is 14.5 Å². The Labute approximate surface area is 227 Å². The Hall–Kier alpha value is -2.74.